The molecule has 1 saturated carbocycles. The highest BCUT2D eigenvalue weighted by Crippen LogP contribution is 2.38. The molecular formula is C17H19BrN2O. The van der Waals surface area contributed by atoms with Crippen LogP contribution in [-0.2, 0) is 11.3 Å². The lowest BCUT2D eigenvalue weighted by Crippen LogP contribution is -2.37. The second-order valence-electron chi connectivity index (χ2n) is 6.05. The molecule has 1 aromatic heterocycles. The van der Waals surface area contributed by atoms with Crippen molar-refractivity contribution in [3.05, 3.63) is 40.5 Å². The van der Waals surface area contributed by atoms with Gasteiger partial charge in [-0.05, 0) is 42.9 Å². The number of hydrogen-bond acceptors (Lipinski definition) is 3. The van der Waals surface area contributed by atoms with Crippen molar-refractivity contribution >= 4 is 26.8 Å². The molecule has 3 nitrogen and oxygen atoms in total. The van der Waals surface area contributed by atoms with Gasteiger partial charge in [0.15, 0.2) is 0 Å². The van der Waals surface area contributed by atoms with Crippen LogP contribution in [0.3, 0.4) is 0 Å². The third-order valence-corrected chi connectivity index (χ3v) is 5.27. The zero-order valence-corrected chi connectivity index (χ0v) is 13.5. The molecule has 1 aromatic carbocycles. The van der Waals surface area contributed by atoms with E-state index in [1.54, 1.807) is 0 Å². The second-order valence-corrected chi connectivity index (χ2v) is 6.91. The van der Waals surface area contributed by atoms with E-state index in [9.17, 15) is 0 Å². The SMILES string of the molecule is Brc1ccc(CNC2CCOC2C2CC2)c2ncccc12. The predicted octanol–water partition coefficient (Wildman–Crippen LogP) is 3.65. The predicted molar refractivity (Wildman–Crippen MR) is 87.2 cm³/mol. The van der Waals surface area contributed by atoms with E-state index in [2.05, 4.69) is 44.4 Å². The van der Waals surface area contributed by atoms with Gasteiger partial charge in [0.1, 0.15) is 0 Å². The zero-order chi connectivity index (χ0) is 14.2. The van der Waals surface area contributed by atoms with Crippen LogP contribution >= 0.6 is 15.9 Å². The van der Waals surface area contributed by atoms with Crippen molar-refractivity contribution in [2.75, 3.05) is 6.61 Å². The number of pyridine rings is 1. The smallest absolute Gasteiger partial charge is 0.0758 e. The second kappa shape index (κ2) is 5.67. The largest absolute Gasteiger partial charge is 0.376 e. The maximum Gasteiger partial charge on any atom is 0.0758 e. The molecule has 2 heterocycles. The van der Waals surface area contributed by atoms with Crippen LogP contribution in [-0.4, -0.2) is 23.7 Å². The fourth-order valence-corrected chi connectivity index (χ4v) is 3.75. The lowest BCUT2D eigenvalue weighted by Gasteiger charge is -2.20. The van der Waals surface area contributed by atoms with E-state index in [-0.39, 0.29) is 0 Å². The Morgan fingerprint density at radius 3 is 3.00 bits per heavy atom. The van der Waals surface area contributed by atoms with Gasteiger partial charge in [0.25, 0.3) is 0 Å². The van der Waals surface area contributed by atoms with Gasteiger partial charge < -0.3 is 10.1 Å². The summed E-state index contributed by atoms with van der Waals surface area (Å²) in [6.07, 6.45) is 6.10. The van der Waals surface area contributed by atoms with Gasteiger partial charge in [-0.1, -0.05) is 28.1 Å². The normalized spacial score (nSPS) is 25.6. The summed E-state index contributed by atoms with van der Waals surface area (Å²) >= 11 is 3.60. The van der Waals surface area contributed by atoms with Crippen molar-refractivity contribution in [2.45, 2.75) is 38.0 Å². The van der Waals surface area contributed by atoms with Crippen molar-refractivity contribution in [1.82, 2.24) is 10.3 Å². The molecule has 1 N–H and O–H groups in total. The first-order valence-corrected chi connectivity index (χ1v) is 8.49. The van der Waals surface area contributed by atoms with Crippen LogP contribution in [0.2, 0.25) is 0 Å². The van der Waals surface area contributed by atoms with Crippen molar-refractivity contribution in [3.63, 3.8) is 0 Å². The van der Waals surface area contributed by atoms with E-state index in [1.165, 1.54) is 23.8 Å². The van der Waals surface area contributed by atoms with Gasteiger partial charge >= 0.3 is 0 Å². The van der Waals surface area contributed by atoms with Crippen LogP contribution in [0.15, 0.2) is 34.9 Å². The van der Waals surface area contributed by atoms with Crippen molar-refractivity contribution in [1.29, 1.82) is 0 Å². The number of hydrogen-bond donors (Lipinski definition) is 1. The zero-order valence-electron chi connectivity index (χ0n) is 11.9. The molecule has 0 radical (unpaired) electrons. The molecule has 4 heteroatoms. The van der Waals surface area contributed by atoms with Gasteiger partial charge in [-0.2, -0.15) is 0 Å². The number of nitrogens with zero attached hydrogens (tertiary/aromatic N) is 1. The summed E-state index contributed by atoms with van der Waals surface area (Å²) in [4.78, 5) is 4.55. The van der Waals surface area contributed by atoms with E-state index in [4.69, 9.17) is 4.74 Å². The lowest BCUT2D eigenvalue weighted by atomic mass is 10.0. The molecule has 4 rings (SSSR count). The first kappa shape index (κ1) is 13.7. The Hall–Kier alpha value is -0.970. The third-order valence-electron chi connectivity index (χ3n) is 4.58. The molecule has 1 aliphatic carbocycles. The molecular weight excluding hydrogens is 328 g/mol. The van der Waals surface area contributed by atoms with E-state index < -0.39 is 0 Å². The first-order chi connectivity index (χ1) is 10.3. The molecule has 0 amide bonds. The van der Waals surface area contributed by atoms with E-state index in [0.29, 0.717) is 12.1 Å². The number of benzene rings is 1. The maximum absolute atomic E-state index is 5.90. The van der Waals surface area contributed by atoms with E-state index in [0.717, 1.165) is 35.5 Å². The molecule has 0 bridgehead atoms. The maximum atomic E-state index is 5.90. The average molecular weight is 347 g/mol. The van der Waals surface area contributed by atoms with Crippen LogP contribution in [0.4, 0.5) is 0 Å². The van der Waals surface area contributed by atoms with Gasteiger partial charge in [0.05, 0.1) is 11.6 Å². The van der Waals surface area contributed by atoms with E-state index in [1.807, 2.05) is 12.3 Å². The Morgan fingerprint density at radius 1 is 1.24 bits per heavy atom. The Bertz CT molecular complexity index is 656. The standard InChI is InChI=1S/C17H19BrN2O/c18-14-6-5-12(16-13(14)2-1-8-19-16)10-20-15-7-9-21-17(15)11-3-4-11/h1-2,5-6,8,11,15,17,20H,3-4,7,9-10H2. The van der Waals surface area contributed by atoms with Gasteiger partial charge in [-0.25, -0.2) is 0 Å². The molecule has 2 unspecified atom stereocenters. The molecule has 2 aliphatic rings. The van der Waals surface area contributed by atoms with Crippen LogP contribution in [0.1, 0.15) is 24.8 Å². The van der Waals surface area contributed by atoms with Crippen molar-refractivity contribution < 1.29 is 4.74 Å². The molecule has 21 heavy (non-hydrogen) atoms. The highest BCUT2D eigenvalue weighted by molar-refractivity contribution is 9.10. The Morgan fingerprint density at radius 2 is 2.14 bits per heavy atom. The Balaban J connectivity index is 1.53. The minimum atomic E-state index is 0.430. The summed E-state index contributed by atoms with van der Waals surface area (Å²) in [6.45, 7) is 1.76. The van der Waals surface area contributed by atoms with E-state index >= 15 is 0 Å². The Labute approximate surface area is 133 Å². The van der Waals surface area contributed by atoms with Gasteiger partial charge in [0, 0.05) is 35.2 Å². The monoisotopic (exact) mass is 346 g/mol. The highest BCUT2D eigenvalue weighted by Gasteiger charge is 2.40. The summed E-state index contributed by atoms with van der Waals surface area (Å²) in [7, 11) is 0. The Kier molecular flexibility index (Phi) is 3.69. The number of halogens is 1. The number of fused-ring (bicyclic) bond motifs is 1. The topological polar surface area (TPSA) is 34.1 Å². The van der Waals surface area contributed by atoms with Crippen molar-refractivity contribution in [2.24, 2.45) is 5.92 Å². The fourth-order valence-electron chi connectivity index (χ4n) is 3.30. The summed E-state index contributed by atoms with van der Waals surface area (Å²) in [5.41, 5.74) is 2.34. The van der Waals surface area contributed by atoms with Crippen LogP contribution in [0.25, 0.3) is 10.9 Å². The quantitative estimate of drug-likeness (QED) is 0.917. The third kappa shape index (κ3) is 2.72. The number of aromatic nitrogens is 1. The molecule has 1 aliphatic heterocycles. The van der Waals surface area contributed by atoms with Gasteiger partial charge in [0.2, 0.25) is 0 Å². The lowest BCUT2D eigenvalue weighted by molar-refractivity contribution is 0.0809. The summed E-state index contributed by atoms with van der Waals surface area (Å²) in [5.74, 6) is 0.796. The first-order valence-electron chi connectivity index (χ1n) is 7.70. The molecule has 0 spiro atoms. The van der Waals surface area contributed by atoms with Crippen molar-refractivity contribution in [3.8, 4) is 0 Å². The van der Waals surface area contributed by atoms with Crippen LogP contribution in [0.5, 0.6) is 0 Å². The van der Waals surface area contributed by atoms with Crippen LogP contribution in [0, 0.1) is 5.92 Å². The summed E-state index contributed by atoms with van der Waals surface area (Å²) < 4.78 is 7.00. The minimum Gasteiger partial charge on any atom is -0.376 e. The van der Waals surface area contributed by atoms with Crippen LogP contribution < -0.4 is 5.32 Å². The molecule has 2 aromatic rings. The average Bonchev–Trinajstić information content (AvgIpc) is 3.26. The molecule has 1 saturated heterocycles. The number of rotatable bonds is 4. The summed E-state index contributed by atoms with van der Waals surface area (Å²) in [5, 5.41) is 4.88. The molecule has 110 valence electrons. The molecule has 2 atom stereocenters. The number of nitrogens with one attached hydrogen (secondary N) is 1. The van der Waals surface area contributed by atoms with Gasteiger partial charge in [-0.15, -0.1) is 0 Å². The fraction of sp³-hybridized carbons (Fsp3) is 0.471. The molecule has 2 fully saturated rings. The summed E-state index contributed by atoms with van der Waals surface area (Å²) in [6, 6.07) is 8.87. The minimum absolute atomic E-state index is 0.430. The van der Waals surface area contributed by atoms with Gasteiger partial charge in [-0.3, -0.25) is 4.98 Å². The number of ether oxygens (including phenoxy) is 1. The highest BCUT2D eigenvalue weighted by atomic mass is 79.9.